The zero-order valence-corrected chi connectivity index (χ0v) is 20.0. The summed E-state index contributed by atoms with van der Waals surface area (Å²) >= 11 is 0. The first-order valence-corrected chi connectivity index (χ1v) is 12.9. The van der Waals surface area contributed by atoms with Gasteiger partial charge >= 0.3 is 0 Å². The van der Waals surface area contributed by atoms with E-state index in [1.54, 1.807) is 17.0 Å². The van der Waals surface area contributed by atoms with E-state index in [0.29, 0.717) is 18.9 Å². The van der Waals surface area contributed by atoms with Crippen molar-refractivity contribution in [3.63, 3.8) is 0 Å². The summed E-state index contributed by atoms with van der Waals surface area (Å²) in [6, 6.07) is 6.80. The first-order valence-electron chi connectivity index (χ1n) is 11.4. The van der Waals surface area contributed by atoms with E-state index in [1.807, 2.05) is 0 Å². The maximum Gasteiger partial charge on any atom is 0.244 e. The average Bonchev–Trinajstić information content (AvgIpc) is 3.10. The molecule has 0 aromatic heterocycles. The third-order valence-electron chi connectivity index (χ3n) is 6.98. The fourth-order valence-electron chi connectivity index (χ4n) is 5.28. The Bertz CT molecular complexity index is 1200. The lowest BCUT2D eigenvalue weighted by Gasteiger charge is -2.41. The Labute approximate surface area is 202 Å². The van der Waals surface area contributed by atoms with Crippen molar-refractivity contribution in [3.8, 4) is 5.75 Å². The minimum Gasteiger partial charge on any atom is -0.495 e. The molecule has 4 rings (SSSR count). The van der Waals surface area contributed by atoms with Crippen molar-refractivity contribution in [1.29, 1.82) is 0 Å². The van der Waals surface area contributed by atoms with Crippen LogP contribution in [0.15, 0.2) is 41.3 Å². The zero-order chi connectivity index (χ0) is 25.3. The van der Waals surface area contributed by atoms with Gasteiger partial charge in [-0.15, -0.1) is 0 Å². The maximum absolute atomic E-state index is 14.1. The van der Waals surface area contributed by atoms with Crippen molar-refractivity contribution < 1.29 is 31.1 Å². The van der Waals surface area contributed by atoms with Gasteiger partial charge in [-0.05, 0) is 61.8 Å². The van der Waals surface area contributed by atoms with Crippen LogP contribution >= 0.6 is 0 Å². The number of rotatable bonds is 8. The van der Waals surface area contributed by atoms with Crippen LogP contribution in [0.25, 0.3) is 0 Å². The fourth-order valence-corrected chi connectivity index (χ4v) is 6.43. The number of ether oxygens (including phenoxy) is 1. The molecule has 35 heavy (non-hydrogen) atoms. The Morgan fingerprint density at radius 3 is 2.40 bits per heavy atom. The normalized spacial score (nSPS) is 22.8. The molecule has 1 amide bonds. The van der Waals surface area contributed by atoms with Crippen LogP contribution in [0.5, 0.6) is 5.75 Å². The van der Waals surface area contributed by atoms with Gasteiger partial charge in [0.05, 0.1) is 13.7 Å². The van der Waals surface area contributed by atoms with Crippen LogP contribution in [0.1, 0.15) is 31.2 Å². The summed E-state index contributed by atoms with van der Waals surface area (Å²) in [6.45, 7) is -0.385. The number of amides is 1. The van der Waals surface area contributed by atoms with Crippen molar-refractivity contribution >= 4 is 15.9 Å². The predicted octanol–water partition coefficient (Wildman–Crippen LogP) is 2.73. The number of fused-ring (bicyclic) bond motifs is 2. The van der Waals surface area contributed by atoms with E-state index < -0.39 is 33.5 Å². The van der Waals surface area contributed by atoms with Gasteiger partial charge in [0, 0.05) is 24.2 Å². The van der Waals surface area contributed by atoms with Gasteiger partial charge in [-0.1, -0.05) is 12.1 Å². The summed E-state index contributed by atoms with van der Waals surface area (Å²) in [6.07, 6.45) is 2.73. The van der Waals surface area contributed by atoms with Crippen LogP contribution in [0.2, 0.25) is 0 Å². The van der Waals surface area contributed by atoms with Crippen LogP contribution in [-0.4, -0.2) is 51.0 Å². The molecule has 11 heteroatoms. The molecule has 0 saturated carbocycles. The van der Waals surface area contributed by atoms with Crippen molar-refractivity contribution in [2.75, 3.05) is 13.7 Å². The number of benzene rings is 2. The Morgan fingerprint density at radius 1 is 1.11 bits per heavy atom. The first kappa shape index (κ1) is 25.5. The lowest BCUT2D eigenvalue weighted by atomic mass is 9.82. The first-order chi connectivity index (χ1) is 16.6. The number of nitrogens with one attached hydrogen (secondary N) is 1. The molecule has 0 aliphatic carbocycles. The molecule has 190 valence electrons. The molecule has 0 spiro atoms. The van der Waals surface area contributed by atoms with Crippen LogP contribution in [0.4, 0.5) is 13.2 Å². The highest BCUT2D eigenvalue weighted by atomic mass is 32.2. The Hall–Kier alpha value is -2.63. The van der Waals surface area contributed by atoms with E-state index in [9.17, 15) is 26.4 Å². The summed E-state index contributed by atoms with van der Waals surface area (Å²) in [5, 5.41) is 0. The number of carbonyl (C=O) groups excluding carboxylic acids is 1. The number of nitrogens with zero attached hydrogens (tertiary/aromatic N) is 1. The SMILES string of the molecule is COc1ccccc1S(=O)(=O)NCC(=O)N1[C@@H]2CC[C@H]1C[C@@H]([C@H](N)Cc1cc(F)c(F)cc1F)C2. The summed E-state index contributed by atoms with van der Waals surface area (Å²) < 4.78 is 73.7. The van der Waals surface area contributed by atoms with Crippen molar-refractivity contribution in [3.05, 3.63) is 59.4 Å². The molecule has 2 saturated heterocycles. The molecule has 4 atom stereocenters. The second-order valence-corrected chi connectivity index (χ2v) is 10.9. The Kier molecular flexibility index (Phi) is 7.39. The highest BCUT2D eigenvalue weighted by molar-refractivity contribution is 7.89. The second kappa shape index (κ2) is 10.2. The molecular formula is C24H28F3N3O4S. The lowest BCUT2D eigenvalue weighted by molar-refractivity contribution is -0.135. The zero-order valence-electron chi connectivity index (χ0n) is 19.2. The molecule has 2 aliphatic heterocycles. The highest BCUT2D eigenvalue weighted by Crippen LogP contribution is 2.40. The average molecular weight is 512 g/mol. The molecule has 7 nitrogen and oxygen atoms in total. The second-order valence-electron chi connectivity index (χ2n) is 9.12. The smallest absolute Gasteiger partial charge is 0.244 e. The molecule has 3 N–H and O–H groups in total. The van der Waals surface area contributed by atoms with Crippen LogP contribution in [0.3, 0.4) is 0 Å². The number of hydrogen-bond donors (Lipinski definition) is 2. The summed E-state index contributed by atoms with van der Waals surface area (Å²) in [7, 11) is -2.59. The maximum atomic E-state index is 14.1. The van der Waals surface area contributed by atoms with Gasteiger partial charge < -0.3 is 15.4 Å². The molecule has 2 fully saturated rings. The van der Waals surface area contributed by atoms with Crippen LogP contribution < -0.4 is 15.2 Å². The van der Waals surface area contributed by atoms with Gasteiger partial charge in [-0.2, -0.15) is 0 Å². The molecule has 2 heterocycles. The largest absolute Gasteiger partial charge is 0.495 e. The summed E-state index contributed by atoms with van der Waals surface area (Å²) in [5.74, 6) is -3.38. The molecule has 2 aromatic rings. The monoisotopic (exact) mass is 511 g/mol. The van der Waals surface area contributed by atoms with E-state index in [1.165, 1.54) is 19.2 Å². The number of piperidine rings is 1. The Morgan fingerprint density at radius 2 is 1.74 bits per heavy atom. The van der Waals surface area contributed by atoms with Crippen molar-refractivity contribution in [2.24, 2.45) is 11.7 Å². The van der Waals surface area contributed by atoms with Gasteiger partial charge in [0.15, 0.2) is 11.6 Å². The molecule has 2 aliphatic rings. The molecule has 2 aromatic carbocycles. The number of hydrogen-bond acceptors (Lipinski definition) is 5. The van der Waals surface area contributed by atoms with Crippen LogP contribution in [0, 0.1) is 23.4 Å². The van der Waals surface area contributed by atoms with E-state index in [4.69, 9.17) is 10.5 Å². The van der Waals surface area contributed by atoms with E-state index >= 15 is 0 Å². The van der Waals surface area contributed by atoms with E-state index in [0.717, 1.165) is 18.9 Å². The molecule has 2 bridgehead atoms. The summed E-state index contributed by atoms with van der Waals surface area (Å²) in [5.41, 5.74) is 6.35. The standard InChI is InChI=1S/C24H28F3N3O4S/c1-34-22-4-2-3-5-23(22)35(32,33)29-13-24(31)30-16-6-7-17(30)9-15(8-16)21(28)11-14-10-19(26)20(27)12-18(14)25/h2-5,10,12,15-17,21,29H,6-9,11,13,28H2,1H3/t15-,16+,17-,21-/m1/s1. The van der Waals surface area contributed by atoms with E-state index in [2.05, 4.69) is 4.72 Å². The van der Waals surface area contributed by atoms with Gasteiger partial charge in [-0.25, -0.2) is 26.3 Å². The van der Waals surface area contributed by atoms with E-state index in [-0.39, 0.29) is 53.1 Å². The highest BCUT2D eigenvalue weighted by Gasteiger charge is 2.44. The minimum atomic E-state index is -3.96. The number of para-hydroxylation sites is 1. The molecule has 0 radical (unpaired) electrons. The van der Waals surface area contributed by atoms with Gasteiger partial charge in [0.25, 0.3) is 0 Å². The van der Waals surface area contributed by atoms with Gasteiger partial charge in [0.2, 0.25) is 15.9 Å². The van der Waals surface area contributed by atoms with Crippen molar-refractivity contribution in [2.45, 2.75) is 55.1 Å². The number of halogens is 3. The van der Waals surface area contributed by atoms with Crippen LogP contribution in [-0.2, 0) is 21.2 Å². The third-order valence-corrected chi connectivity index (χ3v) is 8.42. The summed E-state index contributed by atoms with van der Waals surface area (Å²) in [4.78, 5) is 14.7. The molecular weight excluding hydrogens is 483 g/mol. The number of nitrogens with two attached hydrogens (primary N) is 1. The quantitative estimate of drug-likeness (QED) is 0.531. The minimum absolute atomic E-state index is 0.0213. The van der Waals surface area contributed by atoms with Crippen molar-refractivity contribution in [1.82, 2.24) is 9.62 Å². The van der Waals surface area contributed by atoms with Gasteiger partial charge in [0.1, 0.15) is 16.5 Å². The third kappa shape index (κ3) is 5.31. The predicted molar refractivity (Wildman–Crippen MR) is 123 cm³/mol. The number of carbonyl (C=O) groups is 1. The van der Waals surface area contributed by atoms with Gasteiger partial charge in [-0.3, -0.25) is 4.79 Å². The lowest BCUT2D eigenvalue weighted by Crippen LogP contribution is -2.52. The topological polar surface area (TPSA) is 102 Å². The Balaban J connectivity index is 1.38. The fraction of sp³-hybridized carbons (Fsp3) is 0.458. The molecule has 0 unspecified atom stereocenters. The number of methoxy groups -OCH3 is 1. The number of sulfonamides is 1.